The van der Waals surface area contributed by atoms with Crippen LogP contribution in [0.2, 0.25) is 0 Å². The highest BCUT2D eigenvalue weighted by molar-refractivity contribution is 5.94. The normalized spacial score (nSPS) is 16.1. The van der Waals surface area contributed by atoms with E-state index in [1.807, 2.05) is 0 Å². The van der Waals surface area contributed by atoms with E-state index in [-0.39, 0.29) is 17.1 Å². The Hall–Kier alpha value is -3.20. The molecule has 0 saturated carbocycles. The Bertz CT molecular complexity index is 1150. The molecular weight excluding hydrogens is 402 g/mol. The largest absolute Gasteiger partial charge is 0.364 e. The first-order chi connectivity index (χ1) is 15.0. The number of amides is 1. The number of nitrogens with one attached hydrogen (secondary N) is 1. The summed E-state index contributed by atoms with van der Waals surface area (Å²) in [6.45, 7) is 2.50. The maximum Gasteiger partial charge on any atom is 0.269 e. The van der Waals surface area contributed by atoms with Gasteiger partial charge in [-0.25, -0.2) is 18.7 Å². The number of hydrogen-bond acceptors (Lipinski definition) is 5. The molecule has 1 fully saturated rings. The van der Waals surface area contributed by atoms with E-state index in [9.17, 15) is 13.6 Å². The summed E-state index contributed by atoms with van der Waals surface area (Å²) < 4.78 is 30.5. The lowest BCUT2D eigenvalue weighted by Gasteiger charge is -2.24. The lowest BCUT2D eigenvalue weighted by atomic mass is 9.92. The van der Waals surface area contributed by atoms with E-state index in [1.54, 1.807) is 10.9 Å². The predicted molar refractivity (Wildman–Crippen MR) is 110 cm³/mol. The molecule has 1 saturated heterocycles. The van der Waals surface area contributed by atoms with Gasteiger partial charge in [-0.05, 0) is 62.4 Å². The predicted octanol–water partition coefficient (Wildman–Crippen LogP) is 2.48. The van der Waals surface area contributed by atoms with Crippen LogP contribution in [0, 0.1) is 17.6 Å². The maximum absolute atomic E-state index is 14.4. The fraction of sp³-hybridized carbons (Fsp3) is 0.364. The van der Waals surface area contributed by atoms with E-state index < -0.39 is 17.5 Å². The second kappa shape index (κ2) is 7.81. The monoisotopic (exact) mass is 424 g/mol. The summed E-state index contributed by atoms with van der Waals surface area (Å²) in [4.78, 5) is 20.9. The summed E-state index contributed by atoms with van der Waals surface area (Å²) in [6, 6.07) is 3.66. The summed E-state index contributed by atoms with van der Waals surface area (Å²) in [7, 11) is 0. The third-order valence-corrected chi connectivity index (χ3v) is 6.09. The molecule has 7 nitrogen and oxygen atoms in total. The highest BCUT2D eigenvalue weighted by Crippen LogP contribution is 2.36. The number of carbonyl (C=O) groups is 1. The first kappa shape index (κ1) is 19.7. The fourth-order valence-electron chi connectivity index (χ4n) is 4.53. The zero-order valence-corrected chi connectivity index (χ0v) is 16.9. The third-order valence-electron chi connectivity index (χ3n) is 6.09. The molecule has 3 aromatic rings. The molecule has 3 heterocycles. The van der Waals surface area contributed by atoms with Gasteiger partial charge in [0.1, 0.15) is 11.6 Å². The first-order valence-electron chi connectivity index (χ1n) is 10.4. The number of halogens is 2. The van der Waals surface area contributed by atoms with Gasteiger partial charge in [-0.15, -0.1) is 0 Å². The third kappa shape index (κ3) is 3.48. The van der Waals surface area contributed by atoms with E-state index >= 15 is 0 Å². The van der Waals surface area contributed by atoms with Crippen molar-refractivity contribution in [3.63, 3.8) is 0 Å². The molecule has 1 amide bonds. The maximum atomic E-state index is 14.4. The van der Waals surface area contributed by atoms with Crippen LogP contribution < -0.4 is 11.1 Å². The van der Waals surface area contributed by atoms with E-state index in [0.717, 1.165) is 37.1 Å². The molecule has 1 aliphatic heterocycles. The van der Waals surface area contributed by atoms with Gasteiger partial charge in [0.15, 0.2) is 11.5 Å². The highest BCUT2D eigenvalue weighted by atomic mass is 19.1. The SMILES string of the molecule is NC(=O)c1nn(CC2CCNCC2)c2c1CCc1cnc(-c3c(F)cccc3F)nc1-2. The Kier molecular flexibility index (Phi) is 4.97. The quantitative estimate of drug-likeness (QED) is 0.671. The molecule has 9 heteroatoms. The molecule has 1 aromatic carbocycles. The Morgan fingerprint density at radius 2 is 1.94 bits per heavy atom. The van der Waals surface area contributed by atoms with Crippen LogP contribution in [0.1, 0.15) is 34.5 Å². The Labute approximate surface area is 177 Å². The van der Waals surface area contributed by atoms with Gasteiger partial charge in [0.25, 0.3) is 5.91 Å². The molecule has 160 valence electrons. The van der Waals surface area contributed by atoms with E-state index in [2.05, 4.69) is 20.4 Å². The van der Waals surface area contributed by atoms with Crippen LogP contribution in [0.25, 0.3) is 22.8 Å². The molecule has 0 radical (unpaired) electrons. The second-order valence-corrected chi connectivity index (χ2v) is 8.08. The van der Waals surface area contributed by atoms with Crippen LogP contribution in [-0.2, 0) is 19.4 Å². The smallest absolute Gasteiger partial charge is 0.269 e. The number of nitrogens with zero attached hydrogens (tertiary/aromatic N) is 4. The number of fused-ring (bicyclic) bond motifs is 3. The minimum absolute atomic E-state index is 0.0301. The highest BCUT2D eigenvalue weighted by Gasteiger charge is 2.30. The Morgan fingerprint density at radius 3 is 2.65 bits per heavy atom. The van der Waals surface area contributed by atoms with E-state index in [1.165, 1.54) is 18.2 Å². The van der Waals surface area contributed by atoms with Gasteiger partial charge in [-0.2, -0.15) is 5.10 Å². The Balaban J connectivity index is 1.65. The van der Waals surface area contributed by atoms with Crippen molar-refractivity contribution in [1.29, 1.82) is 0 Å². The summed E-state index contributed by atoms with van der Waals surface area (Å²) >= 11 is 0. The van der Waals surface area contributed by atoms with Crippen LogP contribution in [0.4, 0.5) is 8.78 Å². The van der Waals surface area contributed by atoms with Gasteiger partial charge in [-0.1, -0.05) is 6.07 Å². The van der Waals surface area contributed by atoms with Crippen molar-refractivity contribution in [1.82, 2.24) is 25.1 Å². The van der Waals surface area contributed by atoms with Gasteiger partial charge in [0.05, 0.1) is 17.0 Å². The van der Waals surface area contributed by atoms with Crippen LogP contribution in [0.5, 0.6) is 0 Å². The van der Waals surface area contributed by atoms with Crippen LogP contribution in [-0.4, -0.2) is 38.7 Å². The number of piperidine rings is 1. The molecule has 2 aromatic heterocycles. The molecule has 5 rings (SSSR count). The molecule has 0 unspecified atom stereocenters. The first-order valence-corrected chi connectivity index (χ1v) is 10.4. The standard InChI is InChI=1S/C22H22F2N6O/c23-15-2-1-3-16(24)17(15)22-27-10-13-4-5-14-19(21(25)31)29-30(20(14)18(13)28-22)11-12-6-8-26-9-7-12/h1-3,10,12,26H,4-9,11H2,(H2,25,31). The summed E-state index contributed by atoms with van der Waals surface area (Å²) in [5.41, 5.74) is 8.45. The van der Waals surface area contributed by atoms with Crippen LogP contribution in [0.3, 0.4) is 0 Å². The van der Waals surface area contributed by atoms with Crippen molar-refractivity contribution in [2.24, 2.45) is 11.7 Å². The number of aromatic nitrogens is 4. The number of rotatable bonds is 4. The van der Waals surface area contributed by atoms with Gasteiger partial charge < -0.3 is 11.1 Å². The molecule has 0 spiro atoms. The van der Waals surface area contributed by atoms with Gasteiger partial charge in [0, 0.05) is 18.3 Å². The molecule has 1 aliphatic carbocycles. The molecule has 0 bridgehead atoms. The van der Waals surface area contributed by atoms with Crippen molar-refractivity contribution in [3.05, 3.63) is 52.9 Å². The number of aryl methyl sites for hydroxylation is 1. The number of hydrogen-bond donors (Lipinski definition) is 2. The summed E-state index contributed by atoms with van der Waals surface area (Å²) in [5, 5.41) is 7.88. The lowest BCUT2D eigenvalue weighted by molar-refractivity contribution is 0.0993. The molecular formula is C22H22F2N6O. The van der Waals surface area contributed by atoms with Gasteiger partial charge >= 0.3 is 0 Å². The zero-order valence-electron chi connectivity index (χ0n) is 16.9. The number of carbonyl (C=O) groups excluding carboxylic acids is 1. The topological polar surface area (TPSA) is 98.7 Å². The average Bonchev–Trinajstić information content (AvgIpc) is 3.13. The zero-order chi connectivity index (χ0) is 21.5. The molecule has 3 N–H and O–H groups in total. The summed E-state index contributed by atoms with van der Waals surface area (Å²) in [5.74, 6) is -1.66. The minimum atomic E-state index is -0.725. The van der Waals surface area contributed by atoms with E-state index in [0.29, 0.717) is 36.7 Å². The van der Waals surface area contributed by atoms with Crippen molar-refractivity contribution < 1.29 is 13.6 Å². The van der Waals surface area contributed by atoms with Gasteiger partial charge in [0.2, 0.25) is 0 Å². The van der Waals surface area contributed by atoms with Crippen LogP contribution in [0.15, 0.2) is 24.4 Å². The average molecular weight is 424 g/mol. The molecule has 0 atom stereocenters. The second-order valence-electron chi connectivity index (χ2n) is 8.08. The molecule has 2 aliphatic rings. The van der Waals surface area contributed by atoms with Gasteiger partial charge in [-0.3, -0.25) is 9.48 Å². The fourth-order valence-corrected chi connectivity index (χ4v) is 4.53. The van der Waals surface area contributed by atoms with Crippen molar-refractivity contribution in [2.45, 2.75) is 32.2 Å². The van der Waals surface area contributed by atoms with Crippen LogP contribution >= 0.6 is 0 Å². The number of benzene rings is 1. The summed E-state index contributed by atoms with van der Waals surface area (Å²) in [6.07, 6.45) is 4.80. The number of nitrogens with two attached hydrogens (primary N) is 1. The van der Waals surface area contributed by atoms with E-state index in [4.69, 9.17) is 5.73 Å². The Morgan fingerprint density at radius 1 is 1.19 bits per heavy atom. The van der Waals surface area contributed by atoms with Crippen molar-refractivity contribution in [3.8, 4) is 22.8 Å². The number of primary amides is 1. The molecule has 31 heavy (non-hydrogen) atoms. The van der Waals surface area contributed by atoms with Crippen molar-refractivity contribution in [2.75, 3.05) is 13.1 Å². The lowest BCUT2D eigenvalue weighted by Crippen LogP contribution is -2.30. The van der Waals surface area contributed by atoms with Crippen molar-refractivity contribution >= 4 is 5.91 Å². The minimum Gasteiger partial charge on any atom is -0.364 e.